The molecule has 1 aliphatic heterocycles. The van der Waals surface area contributed by atoms with Crippen LogP contribution in [0.25, 0.3) is 0 Å². The highest BCUT2D eigenvalue weighted by Gasteiger charge is 2.40. The van der Waals surface area contributed by atoms with Crippen molar-refractivity contribution in [2.45, 2.75) is 31.2 Å². The maximum atomic E-state index is 10.1. The van der Waals surface area contributed by atoms with Gasteiger partial charge in [0.25, 0.3) is 0 Å². The summed E-state index contributed by atoms with van der Waals surface area (Å²) in [5.41, 5.74) is 0.974. The third-order valence-corrected chi connectivity index (χ3v) is 3.09. The van der Waals surface area contributed by atoms with Crippen molar-refractivity contribution < 1.29 is 24.4 Å². The Balaban J connectivity index is 1.91. The molecular weight excluding hydrogens is 260 g/mol. The summed E-state index contributed by atoms with van der Waals surface area (Å²) in [6.45, 7) is 4.19. The number of rotatable bonds is 6. The lowest BCUT2D eigenvalue weighted by Crippen LogP contribution is -2.54. The van der Waals surface area contributed by atoms with Gasteiger partial charge in [0.2, 0.25) is 0 Å². The van der Waals surface area contributed by atoms with E-state index in [1.54, 1.807) is 6.08 Å². The first-order valence-corrected chi connectivity index (χ1v) is 6.58. The van der Waals surface area contributed by atoms with Crippen molar-refractivity contribution in [3.63, 3.8) is 0 Å². The van der Waals surface area contributed by atoms with Gasteiger partial charge in [-0.25, -0.2) is 0 Å². The molecule has 2 rings (SSSR count). The molecule has 2 N–H and O–H groups in total. The maximum Gasteiger partial charge on any atom is 0.186 e. The molecule has 5 nitrogen and oxygen atoms in total. The molecule has 0 amide bonds. The molecule has 0 bridgehead atoms. The Morgan fingerprint density at radius 3 is 2.70 bits per heavy atom. The summed E-state index contributed by atoms with van der Waals surface area (Å²) < 4.78 is 16.1. The summed E-state index contributed by atoms with van der Waals surface area (Å²) in [4.78, 5) is 0. The summed E-state index contributed by atoms with van der Waals surface area (Å²) in [7, 11) is 0. The van der Waals surface area contributed by atoms with Gasteiger partial charge in [0.05, 0.1) is 19.8 Å². The van der Waals surface area contributed by atoms with E-state index in [-0.39, 0.29) is 13.2 Å². The smallest absolute Gasteiger partial charge is 0.186 e. The van der Waals surface area contributed by atoms with E-state index in [4.69, 9.17) is 14.2 Å². The highest BCUT2D eigenvalue weighted by Crippen LogP contribution is 2.20. The Kier molecular flexibility index (Phi) is 5.70. The van der Waals surface area contributed by atoms with Crippen molar-refractivity contribution in [1.82, 2.24) is 0 Å². The van der Waals surface area contributed by atoms with Gasteiger partial charge in [0.15, 0.2) is 6.29 Å². The highest BCUT2D eigenvalue weighted by molar-refractivity contribution is 5.13. The Morgan fingerprint density at radius 2 is 2.00 bits per heavy atom. The van der Waals surface area contributed by atoms with Crippen molar-refractivity contribution >= 4 is 0 Å². The minimum absolute atomic E-state index is 0.0678. The fraction of sp³-hybridized carbons (Fsp3) is 0.467. The molecule has 1 fully saturated rings. The van der Waals surface area contributed by atoms with Crippen LogP contribution in [0, 0.1) is 0 Å². The van der Waals surface area contributed by atoms with E-state index in [0.717, 1.165) is 5.56 Å². The van der Waals surface area contributed by atoms with Crippen molar-refractivity contribution in [2.24, 2.45) is 0 Å². The van der Waals surface area contributed by atoms with Gasteiger partial charge in [-0.05, 0) is 5.56 Å². The van der Waals surface area contributed by atoms with E-state index < -0.39 is 24.6 Å². The van der Waals surface area contributed by atoms with Gasteiger partial charge in [-0.2, -0.15) is 0 Å². The Labute approximate surface area is 118 Å². The SMILES string of the molecule is C=CCO[C@@H]1OC[C@H](O)[C@H](OCc2ccccc2)[C@@H]1O. The van der Waals surface area contributed by atoms with Crippen molar-refractivity contribution in [1.29, 1.82) is 0 Å². The third kappa shape index (κ3) is 3.88. The average Bonchev–Trinajstić information content (AvgIpc) is 2.47. The van der Waals surface area contributed by atoms with Crippen LogP contribution in [0.4, 0.5) is 0 Å². The standard InChI is InChI=1S/C15H20O5/c1-2-8-18-15-13(17)14(12(16)10-20-15)19-9-11-6-4-3-5-7-11/h2-7,12-17H,1,8-10H2/t12-,13-,14-,15+/m0/s1. The van der Waals surface area contributed by atoms with Crippen LogP contribution in [-0.4, -0.2) is 48.0 Å². The lowest BCUT2D eigenvalue weighted by Gasteiger charge is -2.37. The fourth-order valence-electron chi connectivity index (χ4n) is 2.06. The van der Waals surface area contributed by atoms with Crippen LogP contribution in [0.3, 0.4) is 0 Å². The van der Waals surface area contributed by atoms with Gasteiger partial charge in [0, 0.05) is 0 Å². The summed E-state index contributed by atoms with van der Waals surface area (Å²) in [6, 6.07) is 9.57. The zero-order valence-electron chi connectivity index (χ0n) is 11.2. The molecule has 0 aromatic heterocycles. The second-order valence-electron chi connectivity index (χ2n) is 4.64. The molecule has 20 heavy (non-hydrogen) atoms. The van der Waals surface area contributed by atoms with Gasteiger partial charge in [-0.15, -0.1) is 6.58 Å². The molecule has 1 saturated heterocycles. The number of hydrogen-bond donors (Lipinski definition) is 2. The third-order valence-electron chi connectivity index (χ3n) is 3.09. The molecule has 0 radical (unpaired) electrons. The largest absolute Gasteiger partial charge is 0.388 e. The maximum absolute atomic E-state index is 10.1. The van der Waals surface area contributed by atoms with Crippen molar-refractivity contribution in [3.8, 4) is 0 Å². The van der Waals surface area contributed by atoms with E-state index in [1.165, 1.54) is 0 Å². The van der Waals surface area contributed by atoms with Gasteiger partial charge in [0.1, 0.15) is 18.3 Å². The lowest BCUT2D eigenvalue weighted by molar-refractivity contribution is -0.276. The van der Waals surface area contributed by atoms with E-state index in [0.29, 0.717) is 6.61 Å². The monoisotopic (exact) mass is 280 g/mol. The van der Waals surface area contributed by atoms with E-state index >= 15 is 0 Å². The first kappa shape index (κ1) is 15.2. The Morgan fingerprint density at radius 1 is 1.25 bits per heavy atom. The minimum Gasteiger partial charge on any atom is -0.388 e. The molecule has 110 valence electrons. The summed E-state index contributed by atoms with van der Waals surface area (Å²) in [5.74, 6) is 0. The zero-order chi connectivity index (χ0) is 14.4. The van der Waals surface area contributed by atoms with Crippen LogP contribution in [0.15, 0.2) is 43.0 Å². The first-order chi connectivity index (χ1) is 9.72. The molecular formula is C15H20O5. The van der Waals surface area contributed by atoms with E-state index in [9.17, 15) is 10.2 Å². The number of benzene rings is 1. The van der Waals surface area contributed by atoms with Gasteiger partial charge < -0.3 is 24.4 Å². The molecule has 0 aliphatic carbocycles. The normalized spacial score (nSPS) is 30.1. The van der Waals surface area contributed by atoms with Gasteiger partial charge in [-0.1, -0.05) is 36.4 Å². The van der Waals surface area contributed by atoms with Crippen molar-refractivity contribution in [2.75, 3.05) is 13.2 Å². The predicted octanol–water partition coefficient (Wildman–Crippen LogP) is 0.853. The quantitative estimate of drug-likeness (QED) is 0.756. The number of hydrogen-bond acceptors (Lipinski definition) is 5. The summed E-state index contributed by atoms with van der Waals surface area (Å²) >= 11 is 0. The van der Waals surface area contributed by atoms with Crippen LogP contribution in [-0.2, 0) is 20.8 Å². The van der Waals surface area contributed by atoms with Crippen LogP contribution in [0.2, 0.25) is 0 Å². The van der Waals surface area contributed by atoms with Gasteiger partial charge in [-0.3, -0.25) is 0 Å². The predicted molar refractivity (Wildman–Crippen MR) is 72.9 cm³/mol. The molecule has 1 heterocycles. The zero-order valence-corrected chi connectivity index (χ0v) is 11.2. The van der Waals surface area contributed by atoms with Crippen LogP contribution in [0.5, 0.6) is 0 Å². The van der Waals surface area contributed by atoms with E-state index in [1.807, 2.05) is 30.3 Å². The van der Waals surface area contributed by atoms with Crippen LogP contribution < -0.4 is 0 Å². The molecule has 5 heteroatoms. The fourth-order valence-corrected chi connectivity index (χ4v) is 2.06. The second kappa shape index (κ2) is 7.52. The number of aliphatic hydroxyl groups is 2. The molecule has 4 atom stereocenters. The topological polar surface area (TPSA) is 68.2 Å². The Hall–Kier alpha value is -1.24. The lowest BCUT2D eigenvalue weighted by atomic mass is 10.1. The average molecular weight is 280 g/mol. The molecule has 1 aromatic carbocycles. The van der Waals surface area contributed by atoms with Crippen LogP contribution in [0.1, 0.15) is 5.56 Å². The first-order valence-electron chi connectivity index (χ1n) is 6.58. The summed E-state index contributed by atoms with van der Waals surface area (Å²) in [6.07, 6.45) is -1.89. The van der Waals surface area contributed by atoms with Gasteiger partial charge >= 0.3 is 0 Å². The van der Waals surface area contributed by atoms with Crippen LogP contribution >= 0.6 is 0 Å². The Bertz CT molecular complexity index is 408. The minimum atomic E-state index is -1.04. The highest BCUT2D eigenvalue weighted by atomic mass is 16.7. The molecule has 0 unspecified atom stereocenters. The van der Waals surface area contributed by atoms with E-state index in [2.05, 4.69) is 6.58 Å². The number of ether oxygens (including phenoxy) is 3. The second-order valence-corrected chi connectivity index (χ2v) is 4.64. The van der Waals surface area contributed by atoms with Crippen molar-refractivity contribution in [3.05, 3.63) is 48.6 Å². The molecule has 1 aliphatic rings. The molecule has 0 saturated carbocycles. The summed E-state index contributed by atoms with van der Waals surface area (Å²) in [5, 5.41) is 20.0. The molecule has 1 aromatic rings. The molecule has 0 spiro atoms. The number of aliphatic hydroxyl groups excluding tert-OH is 2.